The fourth-order valence-electron chi connectivity index (χ4n) is 3.11. The van der Waals surface area contributed by atoms with E-state index < -0.39 is 18.0 Å². The Labute approximate surface area is 146 Å². The first kappa shape index (κ1) is 17.3. The molecule has 1 aromatic rings. The maximum Gasteiger partial charge on any atom is 0.322 e. The molecule has 2 saturated heterocycles. The summed E-state index contributed by atoms with van der Waals surface area (Å²) in [5.41, 5.74) is 2.43. The number of amides is 4. The number of piperidine rings is 1. The Balaban J connectivity index is 1.48. The van der Waals surface area contributed by atoms with Gasteiger partial charge in [-0.3, -0.25) is 14.9 Å². The average molecular weight is 345 g/mol. The molecule has 0 unspecified atom stereocenters. The second kappa shape index (κ2) is 7.13. The van der Waals surface area contributed by atoms with Crippen LogP contribution in [0.1, 0.15) is 30.4 Å². The molecule has 0 aromatic heterocycles. The van der Waals surface area contributed by atoms with Crippen molar-refractivity contribution < 1.29 is 19.1 Å². The molecule has 7 nitrogen and oxygen atoms in total. The Morgan fingerprint density at radius 1 is 1.20 bits per heavy atom. The number of carbonyl (C=O) groups is 3. The lowest BCUT2D eigenvalue weighted by Crippen LogP contribution is -2.44. The lowest BCUT2D eigenvalue weighted by molar-refractivity contribution is -0.135. The largest absolute Gasteiger partial charge is 0.490 e. The third kappa shape index (κ3) is 4.10. The van der Waals surface area contributed by atoms with E-state index in [-0.39, 0.29) is 18.4 Å². The van der Waals surface area contributed by atoms with Crippen LogP contribution in [0.25, 0.3) is 0 Å². The van der Waals surface area contributed by atoms with Gasteiger partial charge in [0, 0.05) is 25.9 Å². The maximum absolute atomic E-state index is 12.3. The molecule has 2 aliphatic heterocycles. The molecule has 2 aliphatic rings. The second-order valence-corrected chi connectivity index (χ2v) is 6.66. The summed E-state index contributed by atoms with van der Waals surface area (Å²) in [6.45, 7) is 5.31. The number of hydrogen-bond acceptors (Lipinski definition) is 4. The van der Waals surface area contributed by atoms with Crippen LogP contribution in [-0.4, -0.2) is 48.0 Å². The summed E-state index contributed by atoms with van der Waals surface area (Å²) in [4.78, 5) is 36.7. The van der Waals surface area contributed by atoms with E-state index in [4.69, 9.17) is 4.74 Å². The van der Waals surface area contributed by atoms with E-state index in [9.17, 15) is 14.4 Å². The Bertz CT molecular complexity index is 696. The molecule has 7 heteroatoms. The number of nitrogens with one attached hydrogen (secondary N) is 2. The number of benzene rings is 1. The molecule has 0 bridgehead atoms. The van der Waals surface area contributed by atoms with E-state index in [0.29, 0.717) is 13.1 Å². The molecule has 0 saturated carbocycles. The van der Waals surface area contributed by atoms with E-state index >= 15 is 0 Å². The molecule has 1 atom stereocenters. The van der Waals surface area contributed by atoms with Crippen molar-refractivity contribution in [3.05, 3.63) is 29.3 Å². The predicted octanol–water partition coefficient (Wildman–Crippen LogP) is 1.27. The molecule has 25 heavy (non-hydrogen) atoms. The molecule has 0 radical (unpaired) electrons. The fraction of sp³-hybridized carbons (Fsp3) is 0.500. The van der Waals surface area contributed by atoms with Gasteiger partial charge in [0.25, 0.3) is 5.91 Å². The molecule has 3 rings (SSSR count). The summed E-state index contributed by atoms with van der Waals surface area (Å²) in [6.07, 6.45) is 1.59. The smallest absolute Gasteiger partial charge is 0.322 e. The zero-order valence-electron chi connectivity index (χ0n) is 14.5. The van der Waals surface area contributed by atoms with Gasteiger partial charge >= 0.3 is 6.03 Å². The number of carbonyl (C=O) groups excluding carboxylic acids is 3. The highest BCUT2D eigenvalue weighted by molar-refractivity contribution is 6.05. The normalized spacial score (nSPS) is 21.0. The van der Waals surface area contributed by atoms with Crippen molar-refractivity contribution in [2.24, 2.45) is 0 Å². The van der Waals surface area contributed by atoms with Crippen LogP contribution < -0.4 is 15.4 Å². The summed E-state index contributed by atoms with van der Waals surface area (Å²) < 4.78 is 6.02. The molecule has 2 N–H and O–H groups in total. The first-order valence-electron chi connectivity index (χ1n) is 8.55. The number of hydrogen-bond donors (Lipinski definition) is 2. The van der Waals surface area contributed by atoms with Crippen LogP contribution in [-0.2, 0) is 9.59 Å². The number of rotatable bonds is 4. The van der Waals surface area contributed by atoms with Crippen LogP contribution >= 0.6 is 0 Å². The van der Waals surface area contributed by atoms with Crippen LogP contribution in [0.5, 0.6) is 5.75 Å². The van der Waals surface area contributed by atoms with Gasteiger partial charge in [-0.2, -0.15) is 0 Å². The van der Waals surface area contributed by atoms with Gasteiger partial charge in [0.2, 0.25) is 5.91 Å². The third-order valence-electron chi connectivity index (χ3n) is 4.81. The van der Waals surface area contributed by atoms with Crippen LogP contribution in [0.2, 0.25) is 0 Å². The van der Waals surface area contributed by atoms with E-state index in [1.165, 1.54) is 11.1 Å². The Kier molecular flexibility index (Phi) is 4.92. The highest BCUT2D eigenvalue weighted by Gasteiger charge is 2.33. The van der Waals surface area contributed by atoms with Gasteiger partial charge < -0.3 is 15.0 Å². The lowest BCUT2D eigenvalue weighted by atomic mass is 10.1. The predicted molar refractivity (Wildman–Crippen MR) is 91.2 cm³/mol. The molecular weight excluding hydrogens is 322 g/mol. The minimum absolute atomic E-state index is 0.000252. The van der Waals surface area contributed by atoms with Crippen molar-refractivity contribution in [3.63, 3.8) is 0 Å². The number of likely N-dealkylation sites (tertiary alicyclic amines) is 1. The van der Waals surface area contributed by atoms with Crippen molar-refractivity contribution in [2.45, 2.75) is 45.3 Å². The van der Waals surface area contributed by atoms with Crippen LogP contribution in [0, 0.1) is 13.8 Å². The van der Waals surface area contributed by atoms with Gasteiger partial charge in [-0.1, -0.05) is 6.07 Å². The topological polar surface area (TPSA) is 87.7 Å². The van der Waals surface area contributed by atoms with Crippen LogP contribution in [0.15, 0.2) is 18.2 Å². The van der Waals surface area contributed by atoms with E-state index in [0.717, 1.165) is 18.6 Å². The molecular formula is C18H23N3O4. The summed E-state index contributed by atoms with van der Waals surface area (Å²) in [5.74, 6) is 0.302. The first-order valence-corrected chi connectivity index (χ1v) is 8.55. The molecule has 2 fully saturated rings. The molecule has 1 aromatic carbocycles. The van der Waals surface area contributed by atoms with Gasteiger partial charge in [0.15, 0.2) is 0 Å². The minimum Gasteiger partial charge on any atom is -0.490 e. The highest BCUT2D eigenvalue weighted by atomic mass is 16.5. The number of imide groups is 1. The van der Waals surface area contributed by atoms with Crippen molar-refractivity contribution in [2.75, 3.05) is 13.1 Å². The van der Waals surface area contributed by atoms with Crippen molar-refractivity contribution >= 4 is 17.8 Å². The number of urea groups is 1. The monoisotopic (exact) mass is 345 g/mol. The number of ether oxygens (including phenoxy) is 1. The molecule has 0 aliphatic carbocycles. The highest BCUT2D eigenvalue weighted by Crippen LogP contribution is 2.22. The quantitative estimate of drug-likeness (QED) is 0.805. The van der Waals surface area contributed by atoms with Crippen molar-refractivity contribution in [1.82, 2.24) is 15.5 Å². The van der Waals surface area contributed by atoms with Gasteiger partial charge in [-0.25, -0.2) is 4.79 Å². The second-order valence-electron chi connectivity index (χ2n) is 6.66. The lowest BCUT2D eigenvalue weighted by Gasteiger charge is -2.32. The zero-order chi connectivity index (χ0) is 18.0. The fourth-order valence-corrected chi connectivity index (χ4v) is 3.11. The van der Waals surface area contributed by atoms with E-state index in [1.807, 2.05) is 18.2 Å². The molecule has 134 valence electrons. The number of nitrogens with zero attached hydrogens (tertiary/aromatic N) is 1. The Hall–Kier alpha value is -2.57. The minimum atomic E-state index is -0.760. The van der Waals surface area contributed by atoms with Gasteiger partial charge in [-0.05, 0) is 37.1 Å². The van der Waals surface area contributed by atoms with Crippen LogP contribution in [0.3, 0.4) is 0 Å². The number of aryl methyl sites for hydroxylation is 2. The summed E-state index contributed by atoms with van der Waals surface area (Å²) in [6, 6.07) is 4.76. The first-order chi connectivity index (χ1) is 11.9. The SMILES string of the molecule is Cc1ccc(OC2CCN(C(=O)C[C@@H]3NC(=O)NC3=O)CC2)cc1C. The summed E-state index contributed by atoms with van der Waals surface area (Å²) >= 11 is 0. The standard InChI is InChI=1S/C18H23N3O4/c1-11-3-4-14(9-12(11)2)25-13-5-7-21(8-6-13)16(22)10-15-17(23)20-18(24)19-15/h3-4,9,13,15H,5-8,10H2,1-2H3,(H2,19,20,23,24)/t15-/m0/s1. The molecule has 4 amide bonds. The maximum atomic E-state index is 12.3. The van der Waals surface area contributed by atoms with Crippen molar-refractivity contribution in [3.8, 4) is 5.75 Å². The molecule has 2 heterocycles. The third-order valence-corrected chi connectivity index (χ3v) is 4.81. The zero-order valence-corrected chi connectivity index (χ0v) is 14.5. The van der Waals surface area contributed by atoms with E-state index in [2.05, 4.69) is 24.5 Å². The van der Waals surface area contributed by atoms with Crippen molar-refractivity contribution in [1.29, 1.82) is 0 Å². The Morgan fingerprint density at radius 3 is 2.52 bits per heavy atom. The summed E-state index contributed by atoms with van der Waals surface area (Å²) in [7, 11) is 0. The van der Waals surface area contributed by atoms with Crippen LogP contribution in [0.4, 0.5) is 4.79 Å². The molecule has 0 spiro atoms. The average Bonchev–Trinajstić information content (AvgIpc) is 2.89. The summed E-state index contributed by atoms with van der Waals surface area (Å²) in [5, 5.41) is 4.59. The van der Waals surface area contributed by atoms with E-state index in [1.54, 1.807) is 4.90 Å². The van der Waals surface area contributed by atoms with Gasteiger partial charge in [0.1, 0.15) is 17.9 Å². The van der Waals surface area contributed by atoms with Gasteiger partial charge in [0.05, 0.1) is 6.42 Å². The Morgan fingerprint density at radius 2 is 1.92 bits per heavy atom. The van der Waals surface area contributed by atoms with Gasteiger partial charge in [-0.15, -0.1) is 0 Å².